The fraction of sp³-hybridized carbons (Fsp3) is 0.294. The fourth-order valence-electron chi connectivity index (χ4n) is 2.79. The summed E-state index contributed by atoms with van der Waals surface area (Å²) in [6.07, 6.45) is 7.40. The summed E-state index contributed by atoms with van der Waals surface area (Å²) < 4.78 is 0. The Morgan fingerprint density at radius 3 is 2.30 bits per heavy atom. The molecule has 3 heteroatoms. The summed E-state index contributed by atoms with van der Waals surface area (Å²) in [7, 11) is 0. The van der Waals surface area contributed by atoms with Crippen molar-refractivity contribution in [3.05, 3.63) is 59.2 Å². The number of allylic oxidation sites excluding steroid dienone is 4. The van der Waals surface area contributed by atoms with Crippen molar-refractivity contribution in [1.29, 1.82) is 0 Å². The number of thioether (sulfide) groups is 1. The van der Waals surface area contributed by atoms with E-state index in [0.717, 1.165) is 17.1 Å². The standard InChI is InChI=1S/C17H16O2S/c1-2-20-10-11-7-8-14-15(9-11)17(19)13-6-4-3-5-12(13)16(14)18/h3-9,12-13H,2,10H2,1H3. The van der Waals surface area contributed by atoms with Gasteiger partial charge in [0.15, 0.2) is 11.6 Å². The summed E-state index contributed by atoms with van der Waals surface area (Å²) in [5.41, 5.74) is 2.30. The number of ketones is 2. The van der Waals surface area contributed by atoms with Crippen molar-refractivity contribution in [3.8, 4) is 0 Å². The lowest BCUT2D eigenvalue weighted by Crippen LogP contribution is -2.35. The van der Waals surface area contributed by atoms with Crippen LogP contribution in [0.15, 0.2) is 42.5 Å². The molecule has 0 aromatic heterocycles. The van der Waals surface area contributed by atoms with Crippen molar-refractivity contribution in [2.45, 2.75) is 12.7 Å². The maximum absolute atomic E-state index is 12.6. The van der Waals surface area contributed by atoms with Gasteiger partial charge in [-0.2, -0.15) is 11.8 Å². The monoisotopic (exact) mass is 284 g/mol. The molecule has 2 atom stereocenters. The largest absolute Gasteiger partial charge is 0.293 e. The minimum atomic E-state index is -0.311. The Morgan fingerprint density at radius 1 is 1.00 bits per heavy atom. The number of carbonyl (C=O) groups is 2. The Labute approximate surface area is 123 Å². The molecule has 1 aromatic rings. The molecule has 0 heterocycles. The zero-order valence-electron chi connectivity index (χ0n) is 11.3. The topological polar surface area (TPSA) is 34.1 Å². The molecule has 0 spiro atoms. The number of hydrogen-bond donors (Lipinski definition) is 0. The zero-order valence-corrected chi connectivity index (χ0v) is 12.2. The highest BCUT2D eigenvalue weighted by Gasteiger charge is 2.39. The van der Waals surface area contributed by atoms with Crippen LogP contribution in [0.2, 0.25) is 0 Å². The van der Waals surface area contributed by atoms with Crippen LogP contribution in [-0.2, 0) is 5.75 Å². The van der Waals surface area contributed by atoms with Crippen molar-refractivity contribution in [2.24, 2.45) is 11.8 Å². The van der Waals surface area contributed by atoms with Crippen LogP contribution in [-0.4, -0.2) is 17.3 Å². The van der Waals surface area contributed by atoms with Gasteiger partial charge in [-0.3, -0.25) is 9.59 Å². The first-order valence-electron chi connectivity index (χ1n) is 6.86. The van der Waals surface area contributed by atoms with Crippen molar-refractivity contribution in [1.82, 2.24) is 0 Å². The summed E-state index contributed by atoms with van der Waals surface area (Å²) in [6.45, 7) is 2.11. The Morgan fingerprint density at radius 2 is 1.65 bits per heavy atom. The second-order valence-electron chi connectivity index (χ2n) is 5.07. The van der Waals surface area contributed by atoms with Gasteiger partial charge in [0.1, 0.15) is 0 Å². The number of fused-ring (bicyclic) bond motifs is 2. The number of carbonyl (C=O) groups excluding carboxylic acids is 2. The molecule has 0 fully saturated rings. The van der Waals surface area contributed by atoms with Gasteiger partial charge in [0.25, 0.3) is 0 Å². The lowest BCUT2D eigenvalue weighted by Gasteiger charge is -2.28. The molecule has 2 nitrogen and oxygen atoms in total. The maximum Gasteiger partial charge on any atom is 0.171 e. The summed E-state index contributed by atoms with van der Waals surface area (Å²) in [5.74, 6) is 1.45. The van der Waals surface area contributed by atoms with E-state index in [2.05, 4.69) is 6.92 Å². The van der Waals surface area contributed by atoms with Crippen LogP contribution in [0.3, 0.4) is 0 Å². The summed E-state index contributed by atoms with van der Waals surface area (Å²) >= 11 is 1.82. The van der Waals surface area contributed by atoms with Crippen LogP contribution in [0.1, 0.15) is 33.2 Å². The first-order chi connectivity index (χ1) is 9.72. The van der Waals surface area contributed by atoms with Gasteiger partial charge in [0.2, 0.25) is 0 Å². The molecular formula is C17H16O2S. The van der Waals surface area contributed by atoms with Crippen molar-refractivity contribution < 1.29 is 9.59 Å². The summed E-state index contributed by atoms with van der Waals surface area (Å²) in [5, 5.41) is 0. The first kappa shape index (κ1) is 13.4. The quantitative estimate of drug-likeness (QED) is 0.849. The highest BCUT2D eigenvalue weighted by molar-refractivity contribution is 7.98. The number of benzene rings is 1. The van der Waals surface area contributed by atoms with E-state index in [4.69, 9.17) is 0 Å². The van der Waals surface area contributed by atoms with Gasteiger partial charge in [-0.25, -0.2) is 0 Å². The number of Topliss-reactive ketones (excluding diaryl/α,β-unsaturated/α-hetero) is 2. The second kappa shape index (κ2) is 5.41. The minimum absolute atomic E-state index is 0.0693. The molecule has 2 unspecified atom stereocenters. The molecule has 0 bridgehead atoms. The molecule has 102 valence electrons. The van der Waals surface area contributed by atoms with E-state index in [1.54, 1.807) is 0 Å². The molecule has 0 amide bonds. The highest BCUT2D eigenvalue weighted by atomic mass is 32.2. The minimum Gasteiger partial charge on any atom is -0.293 e. The van der Waals surface area contributed by atoms with E-state index >= 15 is 0 Å². The van der Waals surface area contributed by atoms with E-state index in [9.17, 15) is 9.59 Å². The molecular weight excluding hydrogens is 268 g/mol. The third kappa shape index (κ3) is 2.16. The van der Waals surface area contributed by atoms with Crippen LogP contribution < -0.4 is 0 Å². The molecule has 1 aromatic carbocycles. The van der Waals surface area contributed by atoms with E-state index in [1.165, 1.54) is 0 Å². The molecule has 0 N–H and O–H groups in total. The van der Waals surface area contributed by atoms with Crippen LogP contribution >= 0.6 is 11.8 Å². The normalized spacial score (nSPS) is 23.6. The van der Waals surface area contributed by atoms with Crippen molar-refractivity contribution >= 4 is 23.3 Å². The molecule has 2 aliphatic carbocycles. The average Bonchev–Trinajstić information content (AvgIpc) is 2.50. The van der Waals surface area contributed by atoms with E-state index in [1.807, 2.05) is 54.3 Å². The Bertz CT molecular complexity index is 628. The van der Waals surface area contributed by atoms with Gasteiger partial charge in [-0.1, -0.05) is 43.4 Å². The van der Waals surface area contributed by atoms with Crippen LogP contribution in [0.4, 0.5) is 0 Å². The zero-order chi connectivity index (χ0) is 14.1. The molecule has 0 radical (unpaired) electrons. The van der Waals surface area contributed by atoms with Crippen molar-refractivity contribution in [2.75, 3.05) is 5.75 Å². The van der Waals surface area contributed by atoms with Crippen LogP contribution in [0.25, 0.3) is 0 Å². The maximum atomic E-state index is 12.6. The van der Waals surface area contributed by atoms with Gasteiger partial charge >= 0.3 is 0 Å². The lowest BCUT2D eigenvalue weighted by atomic mass is 9.72. The van der Waals surface area contributed by atoms with Gasteiger partial charge in [-0.05, 0) is 17.4 Å². The van der Waals surface area contributed by atoms with Gasteiger partial charge in [0.05, 0.1) is 11.8 Å². The van der Waals surface area contributed by atoms with Gasteiger partial charge < -0.3 is 0 Å². The molecule has 20 heavy (non-hydrogen) atoms. The van der Waals surface area contributed by atoms with Gasteiger partial charge in [-0.15, -0.1) is 0 Å². The fourth-order valence-corrected chi connectivity index (χ4v) is 3.41. The number of hydrogen-bond acceptors (Lipinski definition) is 3. The molecule has 0 saturated heterocycles. The highest BCUT2D eigenvalue weighted by Crippen LogP contribution is 2.34. The Hall–Kier alpha value is -1.61. The second-order valence-corrected chi connectivity index (χ2v) is 6.34. The SMILES string of the molecule is CCSCc1ccc2c(c1)C(=O)C1C=CC=CC1C2=O. The van der Waals surface area contributed by atoms with E-state index in [0.29, 0.717) is 11.1 Å². The smallest absolute Gasteiger partial charge is 0.171 e. The number of rotatable bonds is 3. The van der Waals surface area contributed by atoms with E-state index in [-0.39, 0.29) is 23.4 Å². The molecule has 2 aliphatic rings. The van der Waals surface area contributed by atoms with Crippen molar-refractivity contribution in [3.63, 3.8) is 0 Å². The molecule has 0 saturated carbocycles. The van der Waals surface area contributed by atoms with Crippen LogP contribution in [0, 0.1) is 11.8 Å². The molecule has 3 rings (SSSR count). The van der Waals surface area contributed by atoms with Gasteiger partial charge in [0, 0.05) is 16.9 Å². The third-order valence-corrected chi connectivity index (χ3v) is 4.77. The third-order valence-electron chi connectivity index (χ3n) is 3.83. The van der Waals surface area contributed by atoms with Crippen LogP contribution in [0.5, 0.6) is 0 Å². The summed E-state index contributed by atoms with van der Waals surface area (Å²) in [6, 6.07) is 5.69. The first-order valence-corrected chi connectivity index (χ1v) is 8.02. The Balaban J connectivity index is 2.01. The summed E-state index contributed by atoms with van der Waals surface area (Å²) in [4.78, 5) is 25.1. The predicted octanol–water partition coefficient (Wildman–Crippen LogP) is 3.68. The van der Waals surface area contributed by atoms with E-state index < -0.39 is 0 Å². The average molecular weight is 284 g/mol. The predicted molar refractivity (Wildman–Crippen MR) is 82.2 cm³/mol. The lowest BCUT2D eigenvalue weighted by molar-refractivity contribution is 0.0801. The Kier molecular flexibility index (Phi) is 3.62. The molecule has 0 aliphatic heterocycles.